The maximum Gasteiger partial charge on any atom is 0.236 e. The molecule has 0 aliphatic carbocycles. The molecule has 0 bridgehead atoms. The summed E-state index contributed by atoms with van der Waals surface area (Å²) >= 11 is 0. The minimum Gasteiger partial charge on any atom is -0.493 e. The van der Waals surface area contributed by atoms with Crippen LogP contribution in [0.15, 0.2) is 48.5 Å². The predicted octanol–water partition coefficient (Wildman–Crippen LogP) is 2.56. The highest BCUT2D eigenvalue weighted by Crippen LogP contribution is 2.28. The molecule has 1 aliphatic rings. The number of benzene rings is 2. The molecule has 1 heterocycles. The summed E-state index contributed by atoms with van der Waals surface area (Å²) in [5, 5.41) is 0. The van der Waals surface area contributed by atoms with Crippen LogP contribution < -0.4 is 9.46 Å². The van der Waals surface area contributed by atoms with Gasteiger partial charge in [-0.25, -0.2) is 8.42 Å². The van der Waals surface area contributed by atoms with E-state index in [1.807, 2.05) is 30.3 Å². The zero-order valence-corrected chi connectivity index (χ0v) is 11.7. The number of ether oxygens (including phenoxy) is 1. The summed E-state index contributed by atoms with van der Waals surface area (Å²) in [4.78, 5) is 0. The van der Waals surface area contributed by atoms with E-state index in [0.717, 1.165) is 23.3 Å². The summed E-state index contributed by atoms with van der Waals surface area (Å²) < 4.78 is 32.3. The van der Waals surface area contributed by atoms with E-state index >= 15 is 0 Å². The van der Waals surface area contributed by atoms with E-state index in [4.69, 9.17) is 4.74 Å². The first kappa shape index (κ1) is 13.0. The van der Waals surface area contributed by atoms with Crippen molar-refractivity contribution < 1.29 is 13.2 Å². The molecular weight excluding hydrogens is 274 g/mol. The van der Waals surface area contributed by atoms with Gasteiger partial charge in [0, 0.05) is 12.1 Å². The highest BCUT2D eigenvalue weighted by atomic mass is 32.2. The van der Waals surface area contributed by atoms with Crippen molar-refractivity contribution in [2.75, 3.05) is 11.3 Å². The topological polar surface area (TPSA) is 55.4 Å². The standard InChI is InChI=1S/C15H15NO3S/c17-20(18,11-12-4-2-1-3-5-12)16-14-6-7-15-13(10-14)8-9-19-15/h1-7,10,16H,8-9,11H2. The second kappa shape index (κ2) is 5.17. The third-order valence-electron chi connectivity index (χ3n) is 3.16. The van der Waals surface area contributed by atoms with E-state index < -0.39 is 10.0 Å². The fraction of sp³-hybridized carbons (Fsp3) is 0.200. The second-order valence-corrected chi connectivity index (χ2v) is 6.49. The molecule has 3 rings (SSSR count). The summed E-state index contributed by atoms with van der Waals surface area (Å²) in [7, 11) is -3.40. The van der Waals surface area contributed by atoms with Gasteiger partial charge in [-0.05, 0) is 29.3 Å². The molecule has 104 valence electrons. The molecule has 5 heteroatoms. The zero-order valence-electron chi connectivity index (χ0n) is 10.9. The van der Waals surface area contributed by atoms with Crippen molar-refractivity contribution in [2.24, 2.45) is 0 Å². The van der Waals surface area contributed by atoms with E-state index in [-0.39, 0.29) is 5.75 Å². The van der Waals surface area contributed by atoms with Gasteiger partial charge in [-0.15, -0.1) is 0 Å². The lowest BCUT2D eigenvalue weighted by Crippen LogP contribution is -2.15. The number of rotatable bonds is 4. The Labute approximate surface area is 118 Å². The molecule has 0 radical (unpaired) electrons. The Morgan fingerprint density at radius 2 is 1.90 bits per heavy atom. The van der Waals surface area contributed by atoms with Crippen LogP contribution in [-0.4, -0.2) is 15.0 Å². The molecule has 4 nitrogen and oxygen atoms in total. The van der Waals surface area contributed by atoms with Crippen molar-refractivity contribution in [2.45, 2.75) is 12.2 Å². The van der Waals surface area contributed by atoms with Crippen molar-refractivity contribution in [3.05, 3.63) is 59.7 Å². The van der Waals surface area contributed by atoms with Crippen LogP contribution in [0, 0.1) is 0 Å². The Bertz CT molecular complexity index is 711. The van der Waals surface area contributed by atoms with E-state index in [1.165, 1.54) is 0 Å². The van der Waals surface area contributed by atoms with Gasteiger partial charge in [-0.1, -0.05) is 30.3 Å². The van der Waals surface area contributed by atoms with Gasteiger partial charge in [0.1, 0.15) is 5.75 Å². The van der Waals surface area contributed by atoms with Crippen LogP contribution in [0.5, 0.6) is 5.75 Å². The van der Waals surface area contributed by atoms with Crippen molar-refractivity contribution in [1.29, 1.82) is 0 Å². The van der Waals surface area contributed by atoms with Crippen LogP contribution in [0.4, 0.5) is 5.69 Å². The van der Waals surface area contributed by atoms with Crippen LogP contribution >= 0.6 is 0 Å². The highest BCUT2D eigenvalue weighted by Gasteiger charge is 2.15. The molecule has 0 amide bonds. The fourth-order valence-corrected chi connectivity index (χ4v) is 3.45. The van der Waals surface area contributed by atoms with E-state index in [0.29, 0.717) is 12.3 Å². The van der Waals surface area contributed by atoms with Crippen molar-refractivity contribution in [1.82, 2.24) is 0 Å². The lowest BCUT2D eigenvalue weighted by molar-refractivity contribution is 0.357. The second-order valence-electron chi connectivity index (χ2n) is 4.77. The van der Waals surface area contributed by atoms with Crippen LogP contribution in [-0.2, 0) is 22.2 Å². The Morgan fingerprint density at radius 3 is 2.70 bits per heavy atom. The van der Waals surface area contributed by atoms with Gasteiger partial charge in [0.05, 0.1) is 12.4 Å². The molecule has 0 saturated carbocycles. The first-order chi connectivity index (χ1) is 9.62. The number of anilines is 1. The largest absolute Gasteiger partial charge is 0.493 e. The van der Waals surface area contributed by atoms with Gasteiger partial charge in [0.15, 0.2) is 0 Å². The molecule has 1 aliphatic heterocycles. The molecule has 2 aromatic rings. The molecule has 0 spiro atoms. The monoisotopic (exact) mass is 289 g/mol. The molecule has 0 unspecified atom stereocenters. The molecule has 1 N–H and O–H groups in total. The normalized spacial score (nSPS) is 13.6. The Hall–Kier alpha value is -2.01. The van der Waals surface area contributed by atoms with Crippen molar-refractivity contribution in [3.8, 4) is 5.75 Å². The summed E-state index contributed by atoms with van der Waals surface area (Å²) in [6.07, 6.45) is 0.823. The lowest BCUT2D eigenvalue weighted by Gasteiger charge is -2.09. The van der Waals surface area contributed by atoms with E-state index in [1.54, 1.807) is 18.2 Å². The number of sulfonamides is 1. The molecule has 0 saturated heterocycles. The first-order valence-corrected chi connectivity index (χ1v) is 8.08. The Kier molecular flexibility index (Phi) is 3.36. The highest BCUT2D eigenvalue weighted by molar-refractivity contribution is 7.91. The smallest absolute Gasteiger partial charge is 0.236 e. The summed E-state index contributed by atoms with van der Waals surface area (Å²) in [6.45, 7) is 0.662. The van der Waals surface area contributed by atoms with E-state index in [2.05, 4.69) is 4.72 Å². The van der Waals surface area contributed by atoms with Crippen LogP contribution in [0.3, 0.4) is 0 Å². The van der Waals surface area contributed by atoms with Gasteiger partial charge in [-0.3, -0.25) is 4.72 Å². The van der Waals surface area contributed by atoms with Crippen molar-refractivity contribution >= 4 is 15.7 Å². The molecule has 0 atom stereocenters. The molecule has 2 aromatic carbocycles. The third-order valence-corrected chi connectivity index (χ3v) is 4.42. The van der Waals surface area contributed by atoms with Crippen LogP contribution in [0.25, 0.3) is 0 Å². The number of hydrogen-bond acceptors (Lipinski definition) is 3. The average Bonchev–Trinajstić information content (AvgIpc) is 2.86. The first-order valence-electron chi connectivity index (χ1n) is 6.42. The summed E-state index contributed by atoms with van der Waals surface area (Å²) in [5.41, 5.74) is 2.40. The van der Waals surface area contributed by atoms with E-state index in [9.17, 15) is 8.42 Å². The average molecular weight is 289 g/mol. The minimum atomic E-state index is -3.40. The molecular formula is C15H15NO3S. The number of hydrogen-bond donors (Lipinski definition) is 1. The fourth-order valence-electron chi connectivity index (χ4n) is 2.26. The lowest BCUT2D eigenvalue weighted by atomic mass is 10.1. The Morgan fingerprint density at radius 1 is 1.10 bits per heavy atom. The zero-order chi connectivity index (χ0) is 14.0. The van der Waals surface area contributed by atoms with Gasteiger partial charge in [0.2, 0.25) is 10.0 Å². The van der Waals surface area contributed by atoms with Gasteiger partial charge >= 0.3 is 0 Å². The predicted molar refractivity (Wildman–Crippen MR) is 78.3 cm³/mol. The van der Waals surface area contributed by atoms with Gasteiger partial charge in [-0.2, -0.15) is 0 Å². The Balaban J connectivity index is 1.76. The van der Waals surface area contributed by atoms with Crippen molar-refractivity contribution in [3.63, 3.8) is 0 Å². The third kappa shape index (κ3) is 2.93. The minimum absolute atomic E-state index is 0.0264. The molecule has 0 aromatic heterocycles. The quantitative estimate of drug-likeness (QED) is 0.941. The molecule has 0 fully saturated rings. The van der Waals surface area contributed by atoms with Gasteiger partial charge in [0.25, 0.3) is 0 Å². The number of nitrogens with one attached hydrogen (secondary N) is 1. The summed E-state index contributed by atoms with van der Waals surface area (Å²) in [5.74, 6) is 0.817. The summed E-state index contributed by atoms with van der Waals surface area (Å²) in [6, 6.07) is 14.5. The maximum absolute atomic E-state index is 12.1. The molecule has 20 heavy (non-hydrogen) atoms. The van der Waals surface area contributed by atoms with Crippen LogP contribution in [0.2, 0.25) is 0 Å². The maximum atomic E-state index is 12.1. The number of fused-ring (bicyclic) bond motifs is 1. The van der Waals surface area contributed by atoms with Gasteiger partial charge < -0.3 is 4.74 Å². The van der Waals surface area contributed by atoms with Crippen LogP contribution in [0.1, 0.15) is 11.1 Å². The SMILES string of the molecule is O=S(=O)(Cc1ccccc1)Nc1ccc2c(c1)CCO2.